The minimum atomic E-state index is 0.949. The van der Waals surface area contributed by atoms with E-state index in [1.54, 1.807) is 13.3 Å². The average molecular weight is 181 g/mol. The highest BCUT2D eigenvalue weighted by molar-refractivity contribution is 5.56. The number of hydrogen-bond donors (Lipinski definition) is 0. The minimum absolute atomic E-state index is 0.949. The Bertz CT molecular complexity index is 192. The Hall–Kier alpha value is -1.05. The van der Waals surface area contributed by atoms with E-state index in [-0.39, 0.29) is 0 Å². The van der Waals surface area contributed by atoms with E-state index in [2.05, 4.69) is 35.1 Å². The van der Waals surface area contributed by atoms with Crippen LogP contribution in [-0.4, -0.2) is 13.3 Å². The highest BCUT2D eigenvalue weighted by Crippen LogP contribution is 2.09. The molecule has 0 fully saturated rings. The fourth-order valence-corrected chi connectivity index (χ4v) is 1.01. The van der Waals surface area contributed by atoms with Gasteiger partial charge in [0.2, 0.25) is 0 Å². The first-order chi connectivity index (χ1) is 6.35. The molecule has 0 spiro atoms. The van der Waals surface area contributed by atoms with E-state index in [1.807, 2.05) is 6.92 Å². The number of hydrogen-bond acceptors (Lipinski definition) is 2. The van der Waals surface area contributed by atoms with Crippen molar-refractivity contribution < 1.29 is 4.84 Å². The van der Waals surface area contributed by atoms with Gasteiger partial charge in [-0.25, -0.2) is 0 Å². The quantitative estimate of drug-likeness (QED) is 0.350. The zero-order chi connectivity index (χ0) is 9.94. The van der Waals surface area contributed by atoms with Crippen LogP contribution in [-0.2, 0) is 4.84 Å². The molecule has 2 nitrogen and oxygen atoms in total. The summed E-state index contributed by atoms with van der Waals surface area (Å²) in [5.41, 5.74) is 1.45. The Labute approximate surface area is 81.0 Å². The standard InChI is InChI=1S/C11H19NO/c1-4-6-8-11(5-2)9-7-10-12-13-3/h4-6,10H,7-9H2,1-3H3/b6-4-,11-5+,12-10+. The summed E-state index contributed by atoms with van der Waals surface area (Å²) in [5.74, 6) is 0. The molecular weight excluding hydrogens is 162 g/mol. The molecule has 13 heavy (non-hydrogen) atoms. The fourth-order valence-electron chi connectivity index (χ4n) is 1.01. The molecule has 0 radical (unpaired) electrons. The SMILES string of the molecule is C/C=C\C/C(=C\C)CC/C=N/OC. The summed E-state index contributed by atoms with van der Waals surface area (Å²) in [5, 5.41) is 3.69. The molecule has 2 heteroatoms. The van der Waals surface area contributed by atoms with Gasteiger partial charge in [0.05, 0.1) is 0 Å². The smallest absolute Gasteiger partial charge is 0.106 e. The van der Waals surface area contributed by atoms with E-state index in [1.165, 1.54) is 5.57 Å². The highest BCUT2D eigenvalue weighted by atomic mass is 16.6. The van der Waals surface area contributed by atoms with Crippen molar-refractivity contribution in [2.45, 2.75) is 33.1 Å². The second kappa shape index (κ2) is 9.04. The van der Waals surface area contributed by atoms with Gasteiger partial charge < -0.3 is 4.84 Å². The third-order valence-corrected chi connectivity index (χ3v) is 1.80. The van der Waals surface area contributed by atoms with Gasteiger partial charge in [-0.2, -0.15) is 0 Å². The zero-order valence-corrected chi connectivity index (χ0v) is 8.79. The van der Waals surface area contributed by atoms with Crippen molar-refractivity contribution in [1.29, 1.82) is 0 Å². The Kier molecular flexibility index (Phi) is 8.31. The summed E-state index contributed by atoms with van der Waals surface area (Å²) in [6, 6.07) is 0. The molecule has 0 amide bonds. The number of oxime groups is 1. The van der Waals surface area contributed by atoms with Crippen molar-refractivity contribution in [3.63, 3.8) is 0 Å². The van der Waals surface area contributed by atoms with Crippen molar-refractivity contribution in [1.82, 2.24) is 0 Å². The molecule has 0 N–H and O–H groups in total. The maximum Gasteiger partial charge on any atom is 0.106 e. The van der Waals surface area contributed by atoms with Crippen molar-refractivity contribution in [3.05, 3.63) is 23.8 Å². The molecule has 0 saturated heterocycles. The van der Waals surface area contributed by atoms with Gasteiger partial charge in [0.1, 0.15) is 7.11 Å². The second-order valence-corrected chi connectivity index (χ2v) is 2.73. The normalized spacial score (nSPS) is 13.0. The number of rotatable bonds is 6. The van der Waals surface area contributed by atoms with Crippen LogP contribution in [0.15, 0.2) is 29.0 Å². The van der Waals surface area contributed by atoms with Crippen LogP contribution in [0.2, 0.25) is 0 Å². The highest BCUT2D eigenvalue weighted by Gasteiger charge is 1.91. The summed E-state index contributed by atoms with van der Waals surface area (Å²) in [6.07, 6.45) is 11.3. The van der Waals surface area contributed by atoms with E-state index in [4.69, 9.17) is 0 Å². The third kappa shape index (κ3) is 7.32. The summed E-state index contributed by atoms with van der Waals surface area (Å²) in [6.45, 7) is 4.12. The molecule has 0 aromatic heterocycles. The minimum Gasteiger partial charge on any atom is -0.399 e. The lowest BCUT2D eigenvalue weighted by molar-refractivity contribution is 0.214. The van der Waals surface area contributed by atoms with E-state index in [0.29, 0.717) is 0 Å². The summed E-state index contributed by atoms with van der Waals surface area (Å²) in [4.78, 5) is 4.57. The second-order valence-electron chi connectivity index (χ2n) is 2.73. The van der Waals surface area contributed by atoms with Gasteiger partial charge in [-0.05, 0) is 33.1 Å². The van der Waals surface area contributed by atoms with Crippen molar-refractivity contribution in [3.8, 4) is 0 Å². The molecule has 0 aliphatic carbocycles. The van der Waals surface area contributed by atoms with Gasteiger partial charge in [0.15, 0.2) is 0 Å². The average Bonchev–Trinajstić information content (AvgIpc) is 2.17. The Morgan fingerprint density at radius 1 is 1.38 bits per heavy atom. The summed E-state index contributed by atoms with van der Waals surface area (Å²) in [7, 11) is 1.56. The molecule has 0 unspecified atom stereocenters. The number of nitrogens with zero attached hydrogens (tertiary/aromatic N) is 1. The summed E-state index contributed by atoms with van der Waals surface area (Å²) >= 11 is 0. The third-order valence-electron chi connectivity index (χ3n) is 1.80. The first kappa shape index (κ1) is 11.9. The topological polar surface area (TPSA) is 21.6 Å². The summed E-state index contributed by atoms with van der Waals surface area (Å²) < 4.78 is 0. The molecule has 0 bridgehead atoms. The number of allylic oxidation sites excluding steroid dienone is 4. The predicted molar refractivity (Wildman–Crippen MR) is 57.9 cm³/mol. The molecule has 0 aromatic carbocycles. The lowest BCUT2D eigenvalue weighted by Crippen LogP contribution is -1.84. The maximum absolute atomic E-state index is 4.57. The van der Waals surface area contributed by atoms with Gasteiger partial charge in [-0.15, -0.1) is 0 Å². The molecule has 0 aliphatic rings. The molecule has 0 rings (SSSR count). The Balaban J connectivity index is 3.67. The van der Waals surface area contributed by atoms with E-state index in [9.17, 15) is 0 Å². The lowest BCUT2D eigenvalue weighted by Gasteiger charge is -1.99. The van der Waals surface area contributed by atoms with Gasteiger partial charge in [0, 0.05) is 6.21 Å². The van der Waals surface area contributed by atoms with E-state index < -0.39 is 0 Å². The van der Waals surface area contributed by atoms with Gasteiger partial charge in [-0.1, -0.05) is 29.0 Å². The molecule has 0 saturated carbocycles. The Morgan fingerprint density at radius 3 is 2.69 bits per heavy atom. The first-order valence-electron chi connectivity index (χ1n) is 4.65. The van der Waals surface area contributed by atoms with Gasteiger partial charge in [0.25, 0.3) is 0 Å². The molecule has 0 aromatic rings. The molecule has 0 heterocycles. The Morgan fingerprint density at radius 2 is 2.15 bits per heavy atom. The van der Waals surface area contributed by atoms with Crippen molar-refractivity contribution >= 4 is 6.21 Å². The van der Waals surface area contributed by atoms with E-state index in [0.717, 1.165) is 19.3 Å². The monoisotopic (exact) mass is 181 g/mol. The lowest BCUT2D eigenvalue weighted by atomic mass is 10.1. The zero-order valence-electron chi connectivity index (χ0n) is 8.79. The first-order valence-corrected chi connectivity index (χ1v) is 4.65. The van der Waals surface area contributed by atoms with Crippen LogP contribution in [0, 0.1) is 0 Å². The van der Waals surface area contributed by atoms with Crippen molar-refractivity contribution in [2.24, 2.45) is 5.16 Å². The van der Waals surface area contributed by atoms with Crippen LogP contribution in [0.4, 0.5) is 0 Å². The molecule has 0 aliphatic heterocycles. The van der Waals surface area contributed by atoms with Gasteiger partial charge >= 0.3 is 0 Å². The van der Waals surface area contributed by atoms with E-state index >= 15 is 0 Å². The maximum atomic E-state index is 4.57. The molecule has 74 valence electrons. The van der Waals surface area contributed by atoms with Gasteiger partial charge in [-0.3, -0.25) is 0 Å². The van der Waals surface area contributed by atoms with Crippen LogP contribution in [0.3, 0.4) is 0 Å². The van der Waals surface area contributed by atoms with Crippen LogP contribution in [0.1, 0.15) is 33.1 Å². The van der Waals surface area contributed by atoms with Crippen molar-refractivity contribution in [2.75, 3.05) is 7.11 Å². The van der Waals surface area contributed by atoms with Crippen LogP contribution < -0.4 is 0 Å². The largest absolute Gasteiger partial charge is 0.399 e. The van der Waals surface area contributed by atoms with Crippen LogP contribution in [0.5, 0.6) is 0 Å². The molecule has 0 atom stereocenters. The van der Waals surface area contributed by atoms with Crippen LogP contribution in [0.25, 0.3) is 0 Å². The fraction of sp³-hybridized carbons (Fsp3) is 0.545. The molecular formula is C11H19NO. The predicted octanol–water partition coefficient (Wildman–Crippen LogP) is 3.31. The van der Waals surface area contributed by atoms with Crippen LogP contribution >= 0.6 is 0 Å².